The Kier molecular flexibility index (Phi) is 3.39. The van der Waals surface area contributed by atoms with Crippen molar-refractivity contribution in [1.29, 1.82) is 0 Å². The van der Waals surface area contributed by atoms with E-state index in [1.807, 2.05) is 18.2 Å². The molecule has 1 aliphatic rings. The van der Waals surface area contributed by atoms with Gasteiger partial charge in [0.15, 0.2) is 0 Å². The van der Waals surface area contributed by atoms with Gasteiger partial charge in [-0.25, -0.2) is 0 Å². The van der Waals surface area contributed by atoms with Crippen molar-refractivity contribution in [3.05, 3.63) is 86.2 Å². The normalized spacial score (nSPS) is 18.0. The van der Waals surface area contributed by atoms with E-state index in [0.717, 1.165) is 0 Å². The maximum Gasteiger partial charge on any atom is 0.0130 e. The van der Waals surface area contributed by atoms with Crippen LogP contribution in [-0.4, -0.2) is 0 Å². The Morgan fingerprint density at radius 1 is 1.00 bits per heavy atom. The van der Waals surface area contributed by atoms with Crippen LogP contribution in [0.4, 0.5) is 0 Å². The molecule has 0 bridgehead atoms. The molecule has 0 heteroatoms. The molecule has 73 valence electrons. The van der Waals surface area contributed by atoms with E-state index >= 15 is 0 Å². The predicted molar refractivity (Wildman–Crippen MR) is 65.1 cm³/mol. The lowest BCUT2D eigenvalue weighted by molar-refractivity contribution is 1.37. The lowest BCUT2D eigenvalue weighted by Gasteiger charge is -2.13. The van der Waals surface area contributed by atoms with Gasteiger partial charge < -0.3 is 0 Å². The van der Waals surface area contributed by atoms with Crippen LogP contribution in [-0.2, 0) is 0 Å². The van der Waals surface area contributed by atoms with E-state index in [0.29, 0.717) is 0 Å². The lowest BCUT2D eigenvalue weighted by atomic mass is 9.91. The van der Waals surface area contributed by atoms with Crippen LogP contribution in [0.3, 0.4) is 0 Å². The molecule has 2 rings (SSSR count). The molecule has 5 radical (unpaired) electrons. The lowest BCUT2D eigenvalue weighted by Crippen LogP contribution is -1.96. The molecule has 0 unspecified atom stereocenters. The van der Waals surface area contributed by atoms with Crippen LogP contribution in [0, 0.1) is 31.6 Å². The van der Waals surface area contributed by atoms with Crippen LogP contribution in [0.1, 0.15) is 5.56 Å². The number of allylic oxidation sites excluding steroid dienone is 3. The van der Waals surface area contributed by atoms with Crippen LogP contribution in [0.25, 0.3) is 5.57 Å². The van der Waals surface area contributed by atoms with Gasteiger partial charge in [-0.3, -0.25) is 0 Å². The molecule has 0 heterocycles. The maximum absolute atomic E-state index is 3.76. The van der Waals surface area contributed by atoms with E-state index in [4.69, 9.17) is 0 Å². The first-order chi connectivity index (χ1) is 7.42. The van der Waals surface area contributed by atoms with Crippen molar-refractivity contribution < 1.29 is 0 Å². The highest BCUT2D eigenvalue weighted by atomic mass is 14.2. The Balaban J connectivity index is 2.27. The fraction of sp³-hybridized carbons (Fsp3) is 0. The summed E-state index contributed by atoms with van der Waals surface area (Å²) in [6.07, 6.45) is 12.2. The van der Waals surface area contributed by atoms with Crippen molar-refractivity contribution in [2.75, 3.05) is 0 Å². The molecular formula is C15H13. The predicted octanol–water partition coefficient (Wildman–Crippen LogP) is 3.66. The second kappa shape index (κ2) is 4.97. The quantitative estimate of drug-likeness (QED) is 0.643. The molecule has 1 aliphatic carbocycles. The highest BCUT2D eigenvalue weighted by Gasteiger charge is 2.21. The van der Waals surface area contributed by atoms with Crippen molar-refractivity contribution in [2.24, 2.45) is 0 Å². The molecule has 0 spiro atoms. The summed E-state index contributed by atoms with van der Waals surface area (Å²) in [6.45, 7) is 3.76. The minimum absolute atomic E-state index is 1.22. The van der Waals surface area contributed by atoms with Crippen LogP contribution in [0.2, 0.25) is 0 Å². The van der Waals surface area contributed by atoms with Gasteiger partial charge in [0.1, 0.15) is 0 Å². The number of rotatable bonds is 3. The zero-order chi connectivity index (χ0) is 10.5. The zero-order valence-corrected chi connectivity index (χ0v) is 8.56. The van der Waals surface area contributed by atoms with Crippen LogP contribution >= 0.6 is 0 Å². The molecule has 0 N–H and O–H groups in total. The van der Waals surface area contributed by atoms with Gasteiger partial charge in [-0.2, -0.15) is 0 Å². The van der Waals surface area contributed by atoms with Gasteiger partial charge in [-0.15, -0.1) is 0 Å². The molecule has 1 saturated carbocycles. The summed E-state index contributed by atoms with van der Waals surface area (Å²) >= 11 is 0. The molecule has 0 saturated heterocycles. The van der Waals surface area contributed by atoms with Crippen LogP contribution < -0.4 is 0 Å². The van der Waals surface area contributed by atoms with E-state index in [-0.39, 0.29) is 0 Å². The summed E-state index contributed by atoms with van der Waals surface area (Å²) in [5.74, 6) is 1.24. The SMILES string of the molecule is C=C/C=C(/[C]1[CH][CH][CH][CH]1)c1ccccc1. The molecular weight excluding hydrogens is 180 g/mol. The van der Waals surface area contributed by atoms with E-state index in [1.165, 1.54) is 17.1 Å². The van der Waals surface area contributed by atoms with E-state index in [9.17, 15) is 0 Å². The van der Waals surface area contributed by atoms with Crippen LogP contribution in [0.5, 0.6) is 0 Å². The average Bonchev–Trinajstić information content (AvgIpc) is 2.80. The summed E-state index contributed by atoms with van der Waals surface area (Å²) in [4.78, 5) is 0. The second-order valence-corrected chi connectivity index (χ2v) is 3.36. The number of hydrogen-bond donors (Lipinski definition) is 0. The monoisotopic (exact) mass is 193 g/mol. The Morgan fingerprint density at radius 2 is 1.67 bits per heavy atom. The van der Waals surface area contributed by atoms with Crippen molar-refractivity contribution >= 4 is 5.57 Å². The molecule has 0 aromatic heterocycles. The first-order valence-electron chi connectivity index (χ1n) is 5.02. The summed E-state index contributed by atoms with van der Waals surface area (Å²) in [5, 5.41) is 0. The van der Waals surface area contributed by atoms with Crippen molar-refractivity contribution in [2.45, 2.75) is 0 Å². The Hall–Kier alpha value is -1.30. The van der Waals surface area contributed by atoms with E-state index in [1.54, 1.807) is 0 Å². The Morgan fingerprint density at radius 3 is 2.27 bits per heavy atom. The Labute approximate surface area is 92.3 Å². The number of hydrogen-bond acceptors (Lipinski definition) is 0. The standard InChI is InChI=1S/C15H13/c1-2-8-15(14-11-6-7-12-14)13-9-4-3-5-10-13/h2-12H,1H2/b15-8+. The van der Waals surface area contributed by atoms with E-state index < -0.39 is 0 Å². The summed E-state index contributed by atoms with van der Waals surface area (Å²) in [6, 6.07) is 10.4. The molecule has 0 nitrogen and oxygen atoms in total. The highest BCUT2D eigenvalue weighted by Crippen LogP contribution is 2.35. The zero-order valence-electron chi connectivity index (χ0n) is 8.56. The minimum Gasteiger partial charge on any atom is -0.0991 e. The van der Waals surface area contributed by atoms with Crippen molar-refractivity contribution in [3.63, 3.8) is 0 Å². The van der Waals surface area contributed by atoms with Gasteiger partial charge in [0.2, 0.25) is 0 Å². The summed E-state index contributed by atoms with van der Waals surface area (Å²) in [5.41, 5.74) is 2.44. The van der Waals surface area contributed by atoms with Crippen molar-refractivity contribution in [1.82, 2.24) is 0 Å². The van der Waals surface area contributed by atoms with E-state index in [2.05, 4.69) is 56.5 Å². The number of benzene rings is 1. The third-order valence-electron chi connectivity index (χ3n) is 2.34. The minimum atomic E-state index is 1.22. The van der Waals surface area contributed by atoms with Gasteiger partial charge >= 0.3 is 0 Å². The second-order valence-electron chi connectivity index (χ2n) is 3.36. The molecule has 15 heavy (non-hydrogen) atoms. The fourth-order valence-electron chi connectivity index (χ4n) is 1.65. The first-order valence-corrected chi connectivity index (χ1v) is 5.02. The average molecular weight is 193 g/mol. The highest BCUT2D eigenvalue weighted by molar-refractivity contribution is 5.83. The smallest absolute Gasteiger partial charge is 0.0130 e. The Bertz CT molecular complexity index is 340. The third kappa shape index (κ3) is 2.38. The summed E-state index contributed by atoms with van der Waals surface area (Å²) < 4.78 is 0. The fourth-order valence-corrected chi connectivity index (χ4v) is 1.65. The molecule has 1 aromatic rings. The molecule has 0 aliphatic heterocycles. The maximum atomic E-state index is 3.76. The third-order valence-corrected chi connectivity index (χ3v) is 2.34. The van der Waals surface area contributed by atoms with Crippen LogP contribution in [0.15, 0.2) is 49.1 Å². The van der Waals surface area contributed by atoms with Gasteiger partial charge in [0.05, 0.1) is 0 Å². The van der Waals surface area contributed by atoms with Gasteiger partial charge in [0.25, 0.3) is 0 Å². The first kappa shape index (κ1) is 10.2. The topological polar surface area (TPSA) is 0 Å². The molecule has 1 fully saturated rings. The largest absolute Gasteiger partial charge is 0.0991 e. The summed E-state index contributed by atoms with van der Waals surface area (Å²) in [7, 11) is 0. The molecule has 0 amide bonds. The van der Waals surface area contributed by atoms with Crippen molar-refractivity contribution in [3.8, 4) is 0 Å². The van der Waals surface area contributed by atoms with Gasteiger partial charge in [-0.1, -0.05) is 49.1 Å². The van der Waals surface area contributed by atoms with Gasteiger partial charge in [0, 0.05) is 5.92 Å². The van der Waals surface area contributed by atoms with Gasteiger partial charge in [-0.05, 0) is 36.8 Å². The molecule has 1 aromatic carbocycles. The molecule has 0 atom stereocenters.